The van der Waals surface area contributed by atoms with Crippen LogP contribution in [0, 0.1) is 0 Å². The average molecular weight is 388 g/mol. The first kappa shape index (κ1) is 15.8. The number of thiazole rings is 1. The van der Waals surface area contributed by atoms with E-state index in [1.807, 2.05) is 42.5 Å². The van der Waals surface area contributed by atoms with E-state index in [2.05, 4.69) is 31.2 Å². The number of pyridine rings is 1. The van der Waals surface area contributed by atoms with Crippen LogP contribution in [0.3, 0.4) is 0 Å². The summed E-state index contributed by atoms with van der Waals surface area (Å²) in [5.74, 6) is -0.0946. The molecule has 0 radical (unpaired) electrons. The number of carbonyl (C=O) groups excluding carboxylic acids is 1. The molecule has 0 aliphatic carbocycles. The van der Waals surface area contributed by atoms with Crippen molar-refractivity contribution in [1.82, 2.24) is 15.3 Å². The topological polar surface area (TPSA) is 54.9 Å². The molecule has 0 atom stereocenters. The summed E-state index contributed by atoms with van der Waals surface area (Å²) in [6.07, 6.45) is 4.21. The summed E-state index contributed by atoms with van der Waals surface area (Å²) in [5.41, 5.74) is 2.44. The van der Waals surface area contributed by atoms with Gasteiger partial charge in [-0.1, -0.05) is 24.3 Å². The molecule has 0 bridgehead atoms. The largest absolute Gasteiger partial charge is 0.352 e. The number of benzene rings is 1. The number of hydrogen-bond acceptors (Lipinski definition) is 4. The maximum Gasteiger partial charge on any atom is 0.252 e. The Morgan fingerprint density at radius 3 is 2.70 bits per heavy atom. The van der Waals surface area contributed by atoms with E-state index in [1.54, 1.807) is 12.4 Å². The van der Waals surface area contributed by atoms with Crippen LogP contribution >= 0.6 is 27.3 Å². The van der Waals surface area contributed by atoms with Crippen molar-refractivity contribution < 1.29 is 4.79 Å². The Balaban J connectivity index is 1.70. The van der Waals surface area contributed by atoms with Crippen molar-refractivity contribution in [3.8, 4) is 10.6 Å². The molecule has 0 spiro atoms. The van der Waals surface area contributed by atoms with Crippen LogP contribution < -0.4 is 5.32 Å². The highest BCUT2D eigenvalue weighted by atomic mass is 79.9. The second-order valence-corrected chi connectivity index (χ2v) is 7.25. The fourth-order valence-corrected chi connectivity index (χ4v) is 3.44. The normalized spacial score (nSPS) is 10.5. The van der Waals surface area contributed by atoms with Crippen LogP contribution in [0.2, 0.25) is 0 Å². The van der Waals surface area contributed by atoms with Crippen molar-refractivity contribution in [1.29, 1.82) is 0 Å². The summed E-state index contributed by atoms with van der Waals surface area (Å²) >= 11 is 4.92. The Bertz CT molecular complexity index is 804. The molecular formula is C17H14BrN3OS. The minimum atomic E-state index is -0.0946. The number of amides is 1. The van der Waals surface area contributed by atoms with E-state index in [4.69, 9.17) is 0 Å². The van der Waals surface area contributed by atoms with Crippen LogP contribution in [-0.2, 0) is 6.42 Å². The Labute approximate surface area is 146 Å². The van der Waals surface area contributed by atoms with E-state index in [0.29, 0.717) is 18.5 Å². The van der Waals surface area contributed by atoms with Crippen LogP contribution in [0.1, 0.15) is 16.1 Å². The highest BCUT2D eigenvalue weighted by Crippen LogP contribution is 2.30. The van der Waals surface area contributed by atoms with Gasteiger partial charge in [0.05, 0.1) is 9.98 Å². The molecule has 2 aromatic heterocycles. The zero-order valence-electron chi connectivity index (χ0n) is 12.2. The molecule has 0 unspecified atom stereocenters. The molecule has 116 valence electrons. The number of aromatic nitrogens is 2. The van der Waals surface area contributed by atoms with E-state index in [-0.39, 0.29) is 5.91 Å². The summed E-state index contributed by atoms with van der Waals surface area (Å²) in [4.78, 5) is 21.1. The molecule has 3 rings (SSSR count). The van der Waals surface area contributed by atoms with Gasteiger partial charge in [-0.3, -0.25) is 9.78 Å². The second kappa shape index (κ2) is 7.48. The number of halogens is 1. The number of nitrogens with zero attached hydrogens (tertiary/aromatic N) is 2. The lowest BCUT2D eigenvalue weighted by Crippen LogP contribution is -2.26. The van der Waals surface area contributed by atoms with Crippen LogP contribution in [-0.4, -0.2) is 22.4 Å². The van der Waals surface area contributed by atoms with Crippen LogP contribution in [0.5, 0.6) is 0 Å². The lowest BCUT2D eigenvalue weighted by atomic mass is 10.1. The van der Waals surface area contributed by atoms with E-state index in [0.717, 1.165) is 20.1 Å². The predicted octanol–water partition coefficient (Wildman–Crippen LogP) is 3.94. The molecule has 0 fully saturated rings. The van der Waals surface area contributed by atoms with Crippen molar-refractivity contribution >= 4 is 33.2 Å². The van der Waals surface area contributed by atoms with Gasteiger partial charge >= 0.3 is 0 Å². The van der Waals surface area contributed by atoms with Gasteiger partial charge < -0.3 is 5.32 Å². The van der Waals surface area contributed by atoms with Crippen LogP contribution in [0.4, 0.5) is 0 Å². The van der Waals surface area contributed by atoms with E-state index >= 15 is 0 Å². The lowest BCUT2D eigenvalue weighted by molar-refractivity contribution is 0.0954. The number of hydrogen-bond donors (Lipinski definition) is 1. The molecule has 3 aromatic rings. The van der Waals surface area contributed by atoms with Crippen molar-refractivity contribution in [2.75, 3.05) is 6.54 Å². The first-order chi connectivity index (χ1) is 11.2. The zero-order valence-corrected chi connectivity index (χ0v) is 14.6. The van der Waals surface area contributed by atoms with Gasteiger partial charge in [0.1, 0.15) is 5.01 Å². The van der Waals surface area contributed by atoms with Gasteiger partial charge in [0.2, 0.25) is 0 Å². The molecular weight excluding hydrogens is 374 g/mol. The third-order valence-electron chi connectivity index (χ3n) is 3.27. The monoisotopic (exact) mass is 387 g/mol. The maximum atomic E-state index is 12.5. The Morgan fingerprint density at radius 2 is 1.96 bits per heavy atom. The highest BCUT2D eigenvalue weighted by molar-refractivity contribution is 9.11. The number of nitrogens with one attached hydrogen (secondary N) is 1. The second-order valence-electron chi connectivity index (χ2n) is 4.84. The Hall–Kier alpha value is -2.05. The van der Waals surface area contributed by atoms with Gasteiger partial charge in [-0.05, 0) is 34.1 Å². The third-order valence-corrected chi connectivity index (χ3v) is 4.78. The Kier molecular flexibility index (Phi) is 5.15. The summed E-state index contributed by atoms with van der Waals surface area (Å²) in [6, 6.07) is 13.3. The van der Waals surface area contributed by atoms with Gasteiger partial charge in [0.25, 0.3) is 5.91 Å². The summed E-state index contributed by atoms with van der Waals surface area (Å²) < 4.78 is 0.942. The van der Waals surface area contributed by atoms with Gasteiger partial charge in [-0.15, -0.1) is 11.3 Å². The summed E-state index contributed by atoms with van der Waals surface area (Å²) in [7, 11) is 0. The molecule has 6 heteroatoms. The predicted molar refractivity (Wildman–Crippen MR) is 95.5 cm³/mol. The van der Waals surface area contributed by atoms with Crippen LogP contribution in [0.25, 0.3) is 10.6 Å². The molecule has 1 amide bonds. The van der Waals surface area contributed by atoms with Crippen molar-refractivity contribution in [3.05, 3.63) is 69.9 Å². The van der Waals surface area contributed by atoms with Gasteiger partial charge in [0, 0.05) is 36.0 Å². The molecule has 23 heavy (non-hydrogen) atoms. The molecule has 0 aliphatic heterocycles. The summed E-state index contributed by atoms with van der Waals surface area (Å²) in [5, 5.41) is 3.78. The van der Waals surface area contributed by atoms with E-state index < -0.39 is 0 Å². The lowest BCUT2D eigenvalue weighted by Gasteiger charge is -2.08. The third kappa shape index (κ3) is 4.03. The van der Waals surface area contributed by atoms with Crippen molar-refractivity contribution in [3.63, 3.8) is 0 Å². The fourth-order valence-electron chi connectivity index (χ4n) is 2.19. The molecule has 0 aliphatic rings. The standard InChI is InChI=1S/C17H14BrN3OS/c18-15-11-21-17(23-15)14-7-2-1-6-13(14)16(22)20-10-8-12-5-3-4-9-19-12/h1-7,9,11H,8,10H2,(H,20,22). The SMILES string of the molecule is O=C(NCCc1ccccn1)c1ccccc1-c1ncc(Br)s1. The smallest absolute Gasteiger partial charge is 0.252 e. The molecule has 1 N–H and O–H groups in total. The summed E-state index contributed by atoms with van der Waals surface area (Å²) in [6.45, 7) is 0.547. The van der Waals surface area contributed by atoms with E-state index in [1.165, 1.54) is 11.3 Å². The van der Waals surface area contributed by atoms with Gasteiger partial charge in [-0.2, -0.15) is 0 Å². The number of rotatable bonds is 5. The molecule has 0 saturated heterocycles. The minimum absolute atomic E-state index is 0.0946. The maximum absolute atomic E-state index is 12.5. The molecule has 1 aromatic carbocycles. The van der Waals surface area contributed by atoms with Crippen molar-refractivity contribution in [2.24, 2.45) is 0 Å². The molecule has 0 saturated carbocycles. The molecule has 2 heterocycles. The Morgan fingerprint density at radius 1 is 1.13 bits per heavy atom. The van der Waals surface area contributed by atoms with E-state index in [9.17, 15) is 4.79 Å². The van der Waals surface area contributed by atoms with Gasteiger partial charge in [-0.25, -0.2) is 4.98 Å². The fraction of sp³-hybridized carbons (Fsp3) is 0.118. The number of carbonyl (C=O) groups is 1. The van der Waals surface area contributed by atoms with Gasteiger partial charge in [0.15, 0.2) is 0 Å². The average Bonchev–Trinajstić information content (AvgIpc) is 3.02. The van der Waals surface area contributed by atoms with Crippen LogP contribution in [0.15, 0.2) is 58.6 Å². The first-order valence-electron chi connectivity index (χ1n) is 7.13. The zero-order chi connectivity index (χ0) is 16.1. The molecule has 4 nitrogen and oxygen atoms in total. The minimum Gasteiger partial charge on any atom is -0.352 e. The quantitative estimate of drug-likeness (QED) is 0.721. The highest BCUT2D eigenvalue weighted by Gasteiger charge is 2.14. The first-order valence-corrected chi connectivity index (χ1v) is 8.74. The van der Waals surface area contributed by atoms with Crippen molar-refractivity contribution in [2.45, 2.75) is 6.42 Å².